The molecule has 0 aliphatic rings. The lowest BCUT2D eigenvalue weighted by Gasteiger charge is -2.22. The number of amides is 1. The monoisotopic (exact) mass is 367 g/mol. The minimum Gasteiger partial charge on any atom is -0.481 e. The summed E-state index contributed by atoms with van der Waals surface area (Å²) in [6.07, 6.45) is 2.03. The van der Waals surface area contributed by atoms with Crippen molar-refractivity contribution in [1.82, 2.24) is 5.32 Å². The van der Waals surface area contributed by atoms with Crippen molar-refractivity contribution in [2.75, 3.05) is 0 Å². The standard InChI is InChI=1S/C24H33NO2/c1-6-22(27-21-16-14-20(15-17-21)24(3,4)5)23(26)25-18(2)12-13-19-10-8-7-9-11-19/h7-11,14-18,22H,6,12-13H2,1-5H3,(H,25,26)/t18-,22-/m1/s1. The Bertz CT molecular complexity index is 701. The fourth-order valence-electron chi connectivity index (χ4n) is 2.96. The number of carbonyl (C=O) groups excluding carboxylic acids is 1. The second kappa shape index (κ2) is 9.59. The maximum absolute atomic E-state index is 12.6. The van der Waals surface area contributed by atoms with E-state index in [2.05, 4.69) is 50.4 Å². The Morgan fingerprint density at radius 2 is 1.67 bits per heavy atom. The van der Waals surface area contributed by atoms with Crippen LogP contribution in [-0.4, -0.2) is 18.1 Å². The molecule has 0 spiro atoms. The average Bonchev–Trinajstić information content (AvgIpc) is 2.65. The van der Waals surface area contributed by atoms with Gasteiger partial charge in [-0.2, -0.15) is 0 Å². The Morgan fingerprint density at radius 1 is 1.04 bits per heavy atom. The first-order valence-corrected chi connectivity index (χ1v) is 9.91. The fraction of sp³-hybridized carbons (Fsp3) is 0.458. The van der Waals surface area contributed by atoms with Gasteiger partial charge in [0.2, 0.25) is 0 Å². The molecule has 0 bridgehead atoms. The lowest BCUT2D eigenvalue weighted by molar-refractivity contribution is -0.128. The maximum Gasteiger partial charge on any atom is 0.261 e. The molecule has 0 aliphatic heterocycles. The van der Waals surface area contributed by atoms with E-state index in [1.807, 2.05) is 44.2 Å². The van der Waals surface area contributed by atoms with Gasteiger partial charge >= 0.3 is 0 Å². The third-order valence-corrected chi connectivity index (χ3v) is 4.76. The van der Waals surface area contributed by atoms with Crippen LogP contribution in [0.15, 0.2) is 54.6 Å². The Balaban J connectivity index is 1.87. The summed E-state index contributed by atoms with van der Waals surface area (Å²) >= 11 is 0. The predicted molar refractivity (Wildman–Crippen MR) is 112 cm³/mol. The van der Waals surface area contributed by atoms with Gasteiger partial charge in [-0.05, 0) is 54.9 Å². The number of nitrogens with one attached hydrogen (secondary N) is 1. The molecule has 0 unspecified atom stereocenters. The fourth-order valence-corrected chi connectivity index (χ4v) is 2.96. The Labute approximate surface area is 164 Å². The molecule has 1 N–H and O–H groups in total. The molecular formula is C24H33NO2. The van der Waals surface area contributed by atoms with Gasteiger partial charge in [-0.15, -0.1) is 0 Å². The Morgan fingerprint density at radius 3 is 2.22 bits per heavy atom. The lowest BCUT2D eigenvalue weighted by Crippen LogP contribution is -2.42. The summed E-state index contributed by atoms with van der Waals surface area (Å²) in [6, 6.07) is 18.5. The molecule has 0 fully saturated rings. The number of rotatable bonds is 8. The summed E-state index contributed by atoms with van der Waals surface area (Å²) in [5, 5.41) is 3.09. The van der Waals surface area contributed by atoms with E-state index in [-0.39, 0.29) is 17.4 Å². The third-order valence-electron chi connectivity index (χ3n) is 4.76. The Kier molecular flexibility index (Phi) is 7.46. The van der Waals surface area contributed by atoms with Gasteiger partial charge < -0.3 is 10.1 Å². The van der Waals surface area contributed by atoms with Crippen molar-refractivity contribution < 1.29 is 9.53 Å². The maximum atomic E-state index is 12.6. The van der Waals surface area contributed by atoms with E-state index in [1.165, 1.54) is 11.1 Å². The largest absolute Gasteiger partial charge is 0.481 e. The summed E-state index contributed by atoms with van der Waals surface area (Å²) in [5.74, 6) is 0.694. The van der Waals surface area contributed by atoms with Crippen molar-refractivity contribution in [1.29, 1.82) is 0 Å². The van der Waals surface area contributed by atoms with Crippen LogP contribution in [0, 0.1) is 0 Å². The minimum atomic E-state index is -0.468. The van der Waals surface area contributed by atoms with E-state index in [0.29, 0.717) is 6.42 Å². The van der Waals surface area contributed by atoms with Gasteiger partial charge in [0.25, 0.3) is 5.91 Å². The molecule has 0 radical (unpaired) electrons. The number of benzene rings is 2. The van der Waals surface area contributed by atoms with Crippen LogP contribution in [-0.2, 0) is 16.6 Å². The van der Waals surface area contributed by atoms with Crippen LogP contribution < -0.4 is 10.1 Å². The summed E-state index contributed by atoms with van der Waals surface area (Å²) in [5.41, 5.74) is 2.65. The van der Waals surface area contributed by atoms with Crippen molar-refractivity contribution in [3.63, 3.8) is 0 Å². The molecular weight excluding hydrogens is 334 g/mol. The van der Waals surface area contributed by atoms with Gasteiger partial charge in [0.05, 0.1) is 0 Å². The lowest BCUT2D eigenvalue weighted by atomic mass is 9.87. The second-order valence-corrected chi connectivity index (χ2v) is 8.22. The minimum absolute atomic E-state index is 0.0436. The van der Waals surface area contributed by atoms with E-state index in [0.717, 1.165) is 18.6 Å². The second-order valence-electron chi connectivity index (χ2n) is 8.22. The molecule has 27 heavy (non-hydrogen) atoms. The van der Waals surface area contributed by atoms with Crippen molar-refractivity contribution in [2.45, 2.75) is 71.4 Å². The third kappa shape index (κ3) is 6.74. The van der Waals surface area contributed by atoms with Gasteiger partial charge in [0.15, 0.2) is 6.10 Å². The quantitative estimate of drug-likeness (QED) is 0.689. The number of hydrogen-bond donors (Lipinski definition) is 1. The van der Waals surface area contributed by atoms with Gasteiger partial charge in [-0.1, -0.05) is 70.2 Å². The van der Waals surface area contributed by atoms with Crippen molar-refractivity contribution in [3.05, 3.63) is 65.7 Å². The molecule has 1 amide bonds. The first-order valence-electron chi connectivity index (χ1n) is 9.91. The van der Waals surface area contributed by atoms with Crippen LogP contribution in [0.3, 0.4) is 0 Å². The van der Waals surface area contributed by atoms with Gasteiger partial charge in [0, 0.05) is 6.04 Å². The van der Waals surface area contributed by atoms with E-state index < -0.39 is 6.10 Å². The highest BCUT2D eigenvalue weighted by Crippen LogP contribution is 2.25. The predicted octanol–water partition coefficient (Wildman–Crippen LogP) is 5.28. The average molecular weight is 368 g/mol. The number of ether oxygens (including phenoxy) is 1. The first-order chi connectivity index (χ1) is 12.8. The highest BCUT2D eigenvalue weighted by Gasteiger charge is 2.20. The number of hydrogen-bond acceptors (Lipinski definition) is 2. The summed E-state index contributed by atoms with van der Waals surface area (Å²) in [4.78, 5) is 12.6. The molecule has 0 aromatic heterocycles. The molecule has 0 aliphatic carbocycles. The van der Waals surface area contributed by atoms with E-state index >= 15 is 0 Å². The summed E-state index contributed by atoms with van der Waals surface area (Å²) in [6.45, 7) is 10.6. The highest BCUT2D eigenvalue weighted by atomic mass is 16.5. The van der Waals surface area contributed by atoms with Crippen LogP contribution >= 0.6 is 0 Å². The van der Waals surface area contributed by atoms with Crippen LogP contribution in [0.25, 0.3) is 0 Å². The topological polar surface area (TPSA) is 38.3 Å². The SMILES string of the molecule is CC[C@@H](Oc1ccc(C(C)(C)C)cc1)C(=O)N[C@H](C)CCc1ccccc1. The van der Waals surface area contributed by atoms with E-state index in [1.54, 1.807) is 0 Å². The summed E-state index contributed by atoms with van der Waals surface area (Å²) < 4.78 is 5.94. The molecule has 2 aromatic carbocycles. The molecule has 0 saturated carbocycles. The van der Waals surface area contributed by atoms with E-state index in [4.69, 9.17) is 4.74 Å². The van der Waals surface area contributed by atoms with Crippen molar-refractivity contribution in [2.24, 2.45) is 0 Å². The molecule has 0 saturated heterocycles. The van der Waals surface area contributed by atoms with Gasteiger partial charge in [-0.25, -0.2) is 0 Å². The Hall–Kier alpha value is -2.29. The van der Waals surface area contributed by atoms with Crippen molar-refractivity contribution >= 4 is 5.91 Å². The first kappa shape index (κ1) is 21.0. The van der Waals surface area contributed by atoms with Crippen LogP contribution in [0.5, 0.6) is 5.75 Å². The zero-order valence-corrected chi connectivity index (χ0v) is 17.3. The number of carbonyl (C=O) groups is 1. The zero-order chi connectivity index (χ0) is 19.9. The van der Waals surface area contributed by atoms with Crippen LogP contribution in [0.2, 0.25) is 0 Å². The molecule has 2 rings (SSSR count). The molecule has 2 aromatic rings. The summed E-state index contributed by atoms with van der Waals surface area (Å²) in [7, 11) is 0. The highest BCUT2D eigenvalue weighted by molar-refractivity contribution is 5.81. The molecule has 3 nitrogen and oxygen atoms in total. The molecule has 146 valence electrons. The molecule has 3 heteroatoms. The van der Waals surface area contributed by atoms with Gasteiger partial charge in [0.1, 0.15) is 5.75 Å². The van der Waals surface area contributed by atoms with Crippen LogP contribution in [0.1, 0.15) is 58.6 Å². The van der Waals surface area contributed by atoms with E-state index in [9.17, 15) is 4.79 Å². The normalized spacial score (nSPS) is 13.7. The molecule has 0 heterocycles. The smallest absolute Gasteiger partial charge is 0.261 e. The van der Waals surface area contributed by atoms with Crippen LogP contribution in [0.4, 0.5) is 0 Å². The van der Waals surface area contributed by atoms with Crippen molar-refractivity contribution in [3.8, 4) is 5.75 Å². The van der Waals surface area contributed by atoms with Gasteiger partial charge in [-0.3, -0.25) is 4.79 Å². The zero-order valence-electron chi connectivity index (χ0n) is 17.3. The number of aryl methyl sites for hydroxylation is 1. The molecule has 2 atom stereocenters.